The average Bonchev–Trinajstić information content (AvgIpc) is 2.90. The van der Waals surface area contributed by atoms with Crippen LogP contribution < -0.4 is 10.6 Å². The zero-order chi connectivity index (χ0) is 14.8. The van der Waals surface area contributed by atoms with E-state index in [4.69, 9.17) is 4.42 Å². The van der Waals surface area contributed by atoms with Gasteiger partial charge in [0.05, 0.1) is 6.54 Å². The number of furan rings is 1. The number of rotatable bonds is 3. The zero-order valence-electron chi connectivity index (χ0n) is 11.7. The summed E-state index contributed by atoms with van der Waals surface area (Å²) in [5.74, 6) is 1.42. The fraction of sp³-hybridized carbons (Fsp3) is 0.250. The highest BCUT2D eigenvalue weighted by Crippen LogP contribution is 2.23. The van der Waals surface area contributed by atoms with E-state index in [1.807, 2.05) is 25.1 Å². The summed E-state index contributed by atoms with van der Waals surface area (Å²) in [6.07, 6.45) is 1.13. The number of anilines is 1. The molecule has 5 heteroatoms. The molecule has 0 saturated heterocycles. The number of carbonyl (C=O) groups is 2. The summed E-state index contributed by atoms with van der Waals surface area (Å²) >= 11 is 0. The number of benzene rings is 1. The largest absolute Gasteiger partial charge is 0.465 e. The van der Waals surface area contributed by atoms with Crippen molar-refractivity contribution in [1.82, 2.24) is 5.32 Å². The van der Waals surface area contributed by atoms with Crippen LogP contribution in [-0.2, 0) is 17.8 Å². The van der Waals surface area contributed by atoms with Gasteiger partial charge < -0.3 is 15.1 Å². The Morgan fingerprint density at radius 2 is 2.14 bits per heavy atom. The minimum absolute atomic E-state index is 0.0212. The molecule has 0 unspecified atom stereocenters. The van der Waals surface area contributed by atoms with E-state index in [1.165, 1.54) is 0 Å². The highest BCUT2D eigenvalue weighted by Gasteiger charge is 2.16. The Morgan fingerprint density at radius 3 is 2.90 bits per heavy atom. The number of nitrogens with one attached hydrogen (secondary N) is 2. The predicted molar refractivity (Wildman–Crippen MR) is 78.0 cm³/mol. The smallest absolute Gasteiger partial charge is 0.251 e. The lowest BCUT2D eigenvalue weighted by molar-refractivity contribution is -0.116. The molecule has 0 radical (unpaired) electrons. The van der Waals surface area contributed by atoms with Crippen molar-refractivity contribution >= 4 is 17.5 Å². The summed E-state index contributed by atoms with van der Waals surface area (Å²) in [6.45, 7) is 2.23. The van der Waals surface area contributed by atoms with Crippen molar-refractivity contribution in [3.8, 4) is 0 Å². The van der Waals surface area contributed by atoms with E-state index >= 15 is 0 Å². The lowest BCUT2D eigenvalue weighted by Gasteiger charge is -2.17. The van der Waals surface area contributed by atoms with Gasteiger partial charge in [0.1, 0.15) is 11.5 Å². The second-order valence-corrected chi connectivity index (χ2v) is 5.12. The molecule has 0 fully saturated rings. The van der Waals surface area contributed by atoms with Gasteiger partial charge in [0, 0.05) is 17.7 Å². The maximum absolute atomic E-state index is 12.1. The molecule has 0 bridgehead atoms. The Bertz CT molecular complexity index is 703. The zero-order valence-corrected chi connectivity index (χ0v) is 11.7. The molecule has 0 spiro atoms. The van der Waals surface area contributed by atoms with Crippen LogP contribution in [0.3, 0.4) is 0 Å². The molecule has 1 aliphatic rings. The molecule has 0 saturated carbocycles. The van der Waals surface area contributed by atoms with Gasteiger partial charge in [0.2, 0.25) is 5.91 Å². The molecule has 1 aromatic heterocycles. The number of hydrogen-bond donors (Lipinski definition) is 2. The third-order valence-corrected chi connectivity index (χ3v) is 3.48. The molecule has 108 valence electrons. The molecule has 3 rings (SSSR count). The Kier molecular flexibility index (Phi) is 3.48. The Balaban J connectivity index is 1.69. The number of fused-ring (bicyclic) bond motifs is 1. The topological polar surface area (TPSA) is 71.3 Å². The highest BCUT2D eigenvalue weighted by molar-refractivity contribution is 5.97. The van der Waals surface area contributed by atoms with Crippen LogP contribution >= 0.6 is 0 Å². The number of hydrogen-bond acceptors (Lipinski definition) is 3. The van der Waals surface area contributed by atoms with Crippen LogP contribution in [0, 0.1) is 6.92 Å². The first-order valence-corrected chi connectivity index (χ1v) is 6.88. The lowest BCUT2D eigenvalue weighted by atomic mass is 10.00. The maximum Gasteiger partial charge on any atom is 0.251 e. The van der Waals surface area contributed by atoms with E-state index in [2.05, 4.69) is 10.6 Å². The van der Waals surface area contributed by atoms with Crippen molar-refractivity contribution < 1.29 is 14.0 Å². The number of carbonyl (C=O) groups excluding carboxylic acids is 2. The third kappa shape index (κ3) is 2.97. The van der Waals surface area contributed by atoms with E-state index in [9.17, 15) is 9.59 Å². The molecule has 0 atom stereocenters. The fourth-order valence-corrected chi connectivity index (χ4v) is 2.37. The first-order valence-electron chi connectivity index (χ1n) is 6.88. The quantitative estimate of drug-likeness (QED) is 0.909. The monoisotopic (exact) mass is 284 g/mol. The summed E-state index contributed by atoms with van der Waals surface area (Å²) in [5, 5.41) is 5.63. The van der Waals surface area contributed by atoms with Gasteiger partial charge in [-0.1, -0.05) is 0 Å². The van der Waals surface area contributed by atoms with Crippen molar-refractivity contribution in [2.24, 2.45) is 0 Å². The molecule has 1 aliphatic heterocycles. The summed E-state index contributed by atoms with van der Waals surface area (Å²) in [4.78, 5) is 23.4. The molecule has 0 aliphatic carbocycles. The molecule has 2 N–H and O–H groups in total. The molecule has 2 amide bonds. The average molecular weight is 284 g/mol. The molecular weight excluding hydrogens is 268 g/mol. The molecule has 5 nitrogen and oxygen atoms in total. The number of amides is 2. The van der Waals surface area contributed by atoms with Gasteiger partial charge in [-0.2, -0.15) is 0 Å². The van der Waals surface area contributed by atoms with Crippen LogP contribution in [0.1, 0.15) is 33.9 Å². The Labute approximate surface area is 122 Å². The van der Waals surface area contributed by atoms with E-state index < -0.39 is 0 Å². The van der Waals surface area contributed by atoms with Gasteiger partial charge >= 0.3 is 0 Å². The van der Waals surface area contributed by atoms with Gasteiger partial charge in [-0.3, -0.25) is 9.59 Å². The summed E-state index contributed by atoms with van der Waals surface area (Å²) in [6, 6.07) is 9.03. The van der Waals surface area contributed by atoms with Crippen LogP contribution in [-0.4, -0.2) is 11.8 Å². The molecule has 21 heavy (non-hydrogen) atoms. The molecular formula is C16H16N2O3. The van der Waals surface area contributed by atoms with E-state index in [-0.39, 0.29) is 11.8 Å². The highest BCUT2D eigenvalue weighted by atomic mass is 16.3. The van der Waals surface area contributed by atoms with Gasteiger partial charge in [-0.15, -0.1) is 0 Å². The van der Waals surface area contributed by atoms with Crippen molar-refractivity contribution in [2.45, 2.75) is 26.3 Å². The van der Waals surface area contributed by atoms with Crippen molar-refractivity contribution in [3.63, 3.8) is 0 Å². The Hall–Kier alpha value is -2.56. The minimum Gasteiger partial charge on any atom is -0.465 e. The van der Waals surface area contributed by atoms with E-state index in [0.29, 0.717) is 24.9 Å². The maximum atomic E-state index is 12.1. The van der Waals surface area contributed by atoms with Crippen LogP contribution in [0.5, 0.6) is 0 Å². The molecule has 1 aromatic carbocycles. The fourth-order valence-electron chi connectivity index (χ4n) is 2.37. The van der Waals surface area contributed by atoms with Crippen molar-refractivity contribution in [3.05, 3.63) is 53.0 Å². The first-order chi connectivity index (χ1) is 10.1. The van der Waals surface area contributed by atoms with Crippen LogP contribution in [0.25, 0.3) is 0 Å². The summed E-state index contributed by atoms with van der Waals surface area (Å²) in [5.41, 5.74) is 2.38. The summed E-state index contributed by atoms with van der Waals surface area (Å²) < 4.78 is 5.41. The minimum atomic E-state index is -0.149. The SMILES string of the molecule is Cc1ccc(CNC(=O)c2ccc3c(c2)CCC(=O)N3)o1. The molecule has 2 heterocycles. The van der Waals surface area contributed by atoms with Crippen molar-refractivity contribution in [1.29, 1.82) is 0 Å². The van der Waals surface area contributed by atoms with Gasteiger partial charge in [-0.25, -0.2) is 0 Å². The van der Waals surface area contributed by atoms with Crippen LogP contribution in [0.4, 0.5) is 5.69 Å². The summed E-state index contributed by atoms with van der Waals surface area (Å²) in [7, 11) is 0. The van der Waals surface area contributed by atoms with Crippen LogP contribution in [0.2, 0.25) is 0 Å². The van der Waals surface area contributed by atoms with E-state index in [1.54, 1.807) is 12.1 Å². The third-order valence-electron chi connectivity index (χ3n) is 3.48. The first kappa shape index (κ1) is 13.4. The van der Waals surface area contributed by atoms with Crippen LogP contribution in [0.15, 0.2) is 34.7 Å². The standard InChI is InChI=1S/C16H16N2O3/c1-10-2-5-13(21-10)9-17-16(20)12-3-6-14-11(8-12)4-7-15(19)18-14/h2-3,5-6,8H,4,7,9H2,1H3,(H,17,20)(H,18,19). The lowest BCUT2D eigenvalue weighted by Crippen LogP contribution is -2.24. The van der Waals surface area contributed by atoms with Crippen molar-refractivity contribution in [2.75, 3.05) is 5.32 Å². The normalized spacial score (nSPS) is 13.5. The Morgan fingerprint density at radius 1 is 1.29 bits per heavy atom. The second kappa shape index (κ2) is 5.44. The predicted octanol–water partition coefficient (Wildman–Crippen LogP) is 2.40. The second-order valence-electron chi connectivity index (χ2n) is 5.12. The van der Waals surface area contributed by atoms with E-state index in [0.717, 1.165) is 22.8 Å². The van der Waals surface area contributed by atoms with Gasteiger partial charge in [0.25, 0.3) is 5.91 Å². The van der Waals surface area contributed by atoms with Gasteiger partial charge in [0.15, 0.2) is 0 Å². The molecule has 2 aromatic rings. The number of aryl methyl sites for hydroxylation is 2. The van der Waals surface area contributed by atoms with Gasteiger partial charge in [-0.05, 0) is 49.2 Å².